The zero-order valence-corrected chi connectivity index (χ0v) is 9.11. The smallest absolute Gasteiger partial charge is 0.435 e. The maximum absolute atomic E-state index is 13.0. The molecule has 2 aromatic rings. The van der Waals surface area contributed by atoms with Crippen molar-refractivity contribution in [3.8, 4) is 0 Å². The summed E-state index contributed by atoms with van der Waals surface area (Å²) < 4.78 is 66.6. The van der Waals surface area contributed by atoms with E-state index in [1.807, 2.05) is 0 Å². The van der Waals surface area contributed by atoms with Crippen LogP contribution >= 0.6 is 11.6 Å². The van der Waals surface area contributed by atoms with Crippen LogP contribution in [0.25, 0.3) is 11.1 Å². The fraction of sp³-hybridized carbons (Fsp3) is 0.222. The minimum Gasteiger partial charge on any atom is -0.435 e. The van der Waals surface area contributed by atoms with E-state index < -0.39 is 18.0 Å². The number of hydrogen-bond donors (Lipinski definition) is 1. The maximum Gasteiger partial charge on any atom is 0.463 e. The fourth-order valence-electron chi connectivity index (χ4n) is 1.22. The summed E-state index contributed by atoms with van der Waals surface area (Å²) in [5, 5.41) is -0.0160. The predicted molar refractivity (Wildman–Crippen MR) is 53.4 cm³/mol. The molecule has 0 radical (unpaired) electrons. The van der Waals surface area contributed by atoms with Crippen LogP contribution in [0.15, 0.2) is 16.5 Å². The van der Waals surface area contributed by atoms with Gasteiger partial charge in [-0.3, -0.25) is 0 Å². The highest BCUT2D eigenvalue weighted by Crippen LogP contribution is 2.44. The molecule has 0 aliphatic heterocycles. The first-order valence-electron chi connectivity index (χ1n) is 4.43. The number of anilines is 1. The van der Waals surface area contributed by atoms with E-state index in [0.29, 0.717) is 0 Å². The molecule has 0 aliphatic rings. The van der Waals surface area contributed by atoms with E-state index in [1.165, 1.54) is 0 Å². The zero-order valence-electron chi connectivity index (χ0n) is 8.36. The van der Waals surface area contributed by atoms with Gasteiger partial charge in [0.1, 0.15) is 5.52 Å². The summed E-state index contributed by atoms with van der Waals surface area (Å²) in [4.78, 5) is 3.08. The molecule has 2 N–H and O–H groups in total. The molecule has 1 aromatic carbocycles. The number of rotatable bonds is 1. The van der Waals surface area contributed by atoms with Crippen LogP contribution in [-0.4, -0.2) is 11.2 Å². The summed E-state index contributed by atoms with van der Waals surface area (Å²) in [6.07, 6.45) is -5.79. The third-order valence-electron chi connectivity index (χ3n) is 2.13. The topological polar surface area (TPSA) is 52.0 Å². The highest BCUT2D eigenvalue weighted by atomic mass is 35.5. The molecule has 0 saturated heterocycles. The van der Waals surface area contributed by atoms with Crippen LogP contribution in [0, 0.1) is 0 Å². The van der Waals surface area contributed by atoms with Gasteiger partial charge < -0.3 is 10.2 Å². The molecule has 0 aliphatic carbocycles. The standard InChI is InChI=1S/C9H4ClF5N2O/c10-3-1-5-6(2-4(3)16)18-7(17-5)8(11,12)9(13,14)15/h1-2H,16H2. The second kappa shape index (κ2) is 3.71. The summed E-state index contributed by atoms with van der Waals surface area (Å²) >= 11 is 5.58. The number of aromatic nitrogens is 1. The first-order chi connectivity index (χ1) is 8.13. The number of hydrogen-bond acceptors (Lipinski definition) is 3. The lowest BCUT2D eigenvalue weighted by Crippen LogP contribution is -2.33. The van der Waals surface area contributed by atoms with Crippen molar-refractivity contribution in [1.82, 2.24) is 4.98 Å². The number of nitrogens with two attached hydrogens (primary N) is 1. The van der Waals surface area contributed by atoms with Crippen LogP contribution in [0.4, 0.5) is 27.6 Å². The average molecular weight is 287 g/mol. The lowest BCUT2D eigenvalue weighted by Gasteiger charge is -2.15. The fourth-order valence-corrected chi connectivity index (χ4v) is 1.38. The number of nitrogens with zero attached hydrogens (tertiary/aromatic N) is 1. The van der Waals surface area contributed by atoms with Crippen LogP contribution < -0.4 is 5.73 Å². The molecule has 0 bridgehead atoms. The van der Waals surface area contributed by atoms with Gasteiger partial charge >= 0.3 is 12.1 Å². The maximum atomic E-state index is 13.0. The molecular formula is C9H4ClF5N2O. The quantitative estimate of drug-likeness (QED) is 0.642. The third-order valence-corrected chi connectivity index (χ3v) is 2.46. The Kier molecular flexibility index (Phi) is 2.65. The van der Waals surface area contributed by atoms with E-state index in [2.05, 4.69) is 9.40 Å². The van der Waals surface area contributed by atoms with E-state index in [4.69, 9.17) is 17.3 Å². The monoisotopic (exact) mass is 286 g/mol. The van der Waals surface area contributed by atoms with E-state index >= 15 is 0 Å². The van der Waals surface area contributed by atoms with E-state index in [9.17, 15) is 22.0 Å². The van der Waals surface area contributed by atoms with E-state index in [1.54, 1.807) is 0 Å². The van der Waals surface area contributed by atoms with Gasteiger partial charge in [-0.25, -0.2) is 4.98 Å². The summed E-state index contributed by atoms with van der Waals surface area (Å²) in [7, 11) is 0. The molecule has 1 heterocycles. The molecule has 1 aromatic heterocycles. The van der Waals surface area contributed by atoms with Crippen molar-refractivity contribution in [2.45, 2.75) is 12.1 Å². The minimum absolute atomic E-state index is 0.0119. The molecule has 3 nitrogen and oxygen atoms in total. The Morgan fingerprint density at radius 1 is 1.17 bits per heavy atom. The van der Waals surface area contributed by atoms with Crippen molar-refractivity contribution in [2.75, 3.05) is 5.73 Å². The van der Waals surface area contributed by atoms with Gasteiger partial charge in [0, 0.05) is 6.07 Å². The molecule has 9 heteroatoms. The van der Waals surface area contributed by atoms with Gasteiger partial charge in [0.15, 0.2) is 5.58 Å². The molecule has 0 fully saturated rings. The Balaban J connectivity index is 2.61. The molecule has 0 spiro atoms. The number of nitrogen functional groups attached to an aromatic ring is 1. The van der Waals surface area contributed by atoms with Crippen molar-refractivity contribution in [3.05, 3.63) is 23.0 Å². The Hall–Kier alpha value is -1.57. The zero-order chi connectivity index (χ0) is 13.7. The Labute approximate surface area is 101 Å². The number of benzene rings is 1. The number of halogens is 6. The van der Waals surface area contributed by atoms with Crippen LogP contribution in [0.5, 0.6) is 0 Å². The normalized spacial score (nSPS) is 13.2. The van der Waals surface area contributed by atoms with Crippen molar-refractivity contribution in [2.24, 2.45) is 0 Å². The molecule has 0 atom stereocenters. The summed E-state index contributed by atoms with van der Waals surface area (Å²) in [5.41, 5.74) is 4.82. The summed E-state index contributed by atoms with van der Waals surface area (Å²) in [6, 6.07) is 2.08. The molecule has 18 heavy (non-hydrogen) atoms. The van der Waals surface area contributed by atoms with Crippen molar-refractivity contribution < 1.29 is 26.4 Å². The molecule has 0 unspecified atom stereocenters. The summed E-state index contributed by atoms with van der Waals surface area (Å²) in [5.74, 6) is -6.92. The van der Waals surface area contributed by atoms with Crippen molar-refractivity contribution in [3.63, 3.8) is 0 Å². The lowest BCUT2D eigenvalue weighted by atomic mass is 10.3. The molecule has 0 saturated carbocycles. The van der Waals surface area contributed by atoms with Crippen molar-refractivity contribution >= 4 is 28.4 Å². The minimum atomic E-state index is -5.79. The predicted octanol–water partition coefficient (Wildman–Crippen LogP) is 3.72. The van der Waals surface area contributed by atoms with Gasteiger partial charge in [-0.05, 0) is 6.07 Å². The third kappa shape index (κ3) is 1.86. The molecule has 0 amide bonds. The van der Waals surface area contributed by atoms with Gasteiger partial charge in [-0.15, -0.1) is 0 Å². The molecule has 2 rings (SSSR count). The highest BCUT2D eigenvalue weighted by molar-refractivity contribution is 6.33. The van der Waals surface area contributed by atoms with E-state index in [-0.39, 0.29) is 21.8 Å². The van der Waals surface area contributed by atoms with Gasteiger partial charge in [-0.1, -0.05) is 11.6 Å². The van der Waals surface area contributed by atoms with E-state index in [0.717, 1.165) is 12.1 Å². The Morgan fingerprint density at radius 3 is 2.33 bits per heavy atom. The first kappa shape index (κ1) is 12.9. The number of oxazole rings is 1. The SMILES string of the molecule is Nc1cc2oc(C(F)(F)C(F)(F)F)nc2cc1Cl. The molecular weight excluding hydrogens is 283 g/mol. The largest absolute Gasteiger partial charge is 0.463 e. The average Bonchev–Trinajstić information content (AvgIpc) is 2.60. The van der Waals surface area contributed by atoms with Crippen molar-refractivity contribution in [1.29, 1.82) is 0 Å². The first-order valence-corrected chi connectivity index (χ1v) is 4.81. The number of alkyl halides is 5. The van der Waals surface area contributed by atoms with Gasteiger partial charge in [0.05, 0.1) is 10.7 Å². The second-order valence-electron chi connectivity index (χ2n) is 3.43. The lowest BCUT2D eigenvalue weighted by molar-refractivity contribution is -0.297. The van der Waals surface area contributed by atoms with Crippen LogP contribution in [0.2, 0.25) is 5.02 Å². The Bertz CT molecular complexity index is 568. The molecule has 98 valence electrons. The van der Waals surface area contributed by atoms with Gasteiger partial charge in [0.25, 0.3) is 5.89 Å². The highest BCUT2D eigenvalue weighted by Gasteiger charge is 2.62. The van der Waals surface area contributed by atoms with Gasteiger partial charge in [0.2, 0.25) is 0 Å². The number of fused-ring (bicyclic) bond motifs is 1. The van der Waals surface area contributed by atoms with Crippen LogP contribution in [-0.2, 0) is 5.92 Å². The Morgan fingerprint density at radius 2 is 1.78 bits per heavy atom. The second-order valence-corrected chi connectivity index (χ2v) is 3.84. The van der Waals surface area contributed by atoms with Crippen LogP contribution in [0.1, 0.15) is 5.89 Å². The summed E-state index contributed by atoms with van der Waals surface area (Å²) in [6.45, 7) is 0. The van der Waals surface area contributed by atoms with Gasteiger partial charge in [-0.2, -0.15) is 22.0 Å². The van der Waals surface area contributed by atoms with Crippen LogP contribution in [0.3, 0.4) is 0 Å².